The molecule has 12 aromatic carbocycles. The van der Waals surface area contributed by atoms with E-state index < -0.39 is 23.9 Å². The quantitative estimate of drug-likeness (QED) is 0.0272. The van der Waals surface area contributed by atoms with Gasteiger partial charge >= 0.3 is 23.9 Å². The standard InChI is InChI=1S/C28H28O4.C27H28O4.2C27H26O4/c1-32-26-16-20(14-21(17-26)18-29)15-25-7-3-5-22-4-2-6-23(27(22)25)11-8-19-9-12-24(13-10-19)28(30)31;3*1-30-24-15-19(16-25(17-24)31-2)14-23-13-12-21-5-3-4-20(26(21)23)9-6-18-7-10-22(11-8-18)27(28)29/h2,4,6-7,9-10,12-14,16-17,29H,3,5,8,11,15,18H2,1H3,(H,30,31);3-5,7-8,10-11,15-17,23H,6,9,12-14H2,1-2H3,(H,28,29);3-5,7-8,10-11,14-17H,6,9,12-13H2,1-2H3,(H,28,29);3-5,7-8,10-11,13,15-17H,6,9,12,14H2,1-2H3,(H,28,29)/b;;23-14+;. The number of benzene rings is 12. The van der Waals surface area contributed by atoms with Crippen LogP contribution in [0.4, 0.5) is 0 Å². The minimum Gasteiger partial charge on any atom is -0.497 e. The highest BCUT2D eigenvalue weighted by Crippen LogP contribution is 2.43. The Morgan fingerprint density at radius 1 is 0.328 bits per heavy atom. The fourth-order valence-electron chi connectivity index (χ4n) is 17.6. The predicted molar refractivity (Wildman–Crippen MR) is 493 cm³/mol. The lowest BCUT2D eigenvalue weighted by molar-refractivity contribution is 0.0686. The molecule has 0 fully saturated rings. The summed E-state index contributed by atoms with van der Waals surface area (Å²) in [5.41, 5.74) is 31.8. The molecule has 5 N–H and O–H groups in total. The van der Waals surface area contributed by atoms with Crippen LogP contribution >= 0.6 is 0 Å². The third-order valence-electron chi connectivity index (χ3n) is 24.0. The molecule has 1 unspecified atom stereocenters. The minimum atomic E-state index is -0.898. The van der Waals surface area contributed by atoms with Crippen LogP contribution in [0.2, 0.25) is 0 Å². The minimum absolute atomic E-state index is 0.00818. The molecule has 0 saturated heterocycles. The number of aromatic carboxylic acids is 4. The van der Waals surface area contributed by atoms with Crippen molar-refractivity contribution in [2.45, 2.75) is 128 Å². The number of aliphatic hydroxyl groups excluding tert-OH is 1. The second-order valence-electron chi connectivity index (χ2n) is 32.0. The number of methoxy groups -OCH3 is 7. The normalized spacial score (nSPS) is 13.4. The lowest BCUT2D eigenvalue weighted by atomic mass is 9.83. The molecule has 16 heteroatoms. The van der Waals surface area contributed by atoms with Gasteiger partial charge in [-0.25, -0.2) is 19.2 Å². The van der Waals surface area contributed by atoms with Crippen molar-refractivity contribution in [1.82, 2.24) is 0 Å². The van der Waals surface area contributed by atoms with Gasteiger partial charge in [0, 0.05) is 18.2 Å². The van der Waals surface area contributed by atoms with E-state index in [2.05, 4.69) is 115 Å². The Morgan fingerprint density at radius 2 is 0.680 bits per heavy atom. The Bertz CT molecular complexity index is 5820. The highest BCUT2D eigenvalue weighted by molar-refractivity contribution is 5.90. The molecule has 0 heterocycles. The fourth-order valence-corrected chi connectivity index (χ4v) is 17.6. The third kappa shape index (κ3) is 23.4. The zero-order chi connectivity index (χ0) is 87.9. The largest absolute Gasteiger partial charge is 0.497 e. The molecule has 125 heavy (non-hydrogen) atoms. The van der Waals surface area contributed by atoms with E-state index in [1.165, 1.54) is 89.0 Å². The maximum Gasteiger partial charge on any atom is 0.335 e. The van der Waals surface area contributed by atoms with E-state index in [0.29, 0.717) is 28.2 Å². The molecule has 0 radical (unpaired) electrons. The van der Waals surface area contributed by atoms with E-state index >= 15 is 0 Å². The van der Waals surface area contributed by atoms with Crippen LogP contribution in [0.1, 0.15) is 183 Å². The molecule has 4 aliphatic carbocycles. The van der Waals surface area contributed by atoms with Crippen molar-refractivity contribution in [3.63, 3.8) is 0 Å². The number of rotatable bonds is 31. The number of hydrogen-bond donors (Lipinski definition) is 5. The van der Waals surface area contributed by atoms with Gasteiger partial charge in [0.05, 0.1) is 78.6 Å². The molecule has 0 spiro atoms. The van der Waals surface area contributed by atoms with Crippen molar-refractivity contribution < 1.29 is 77.9 Å². The Kier molecular flexibility index (Phi) is 30.6. The van der Waals surface area contributed by atoms with Gasteiger partial charge in [-0.2, -0.15) is 0 Å². The first-order valence-electron chi connectivity index (χ1n) is 42.5. The van der Waals surface area contributed by atoms with Crippen molar-refractivity contribution in [1.29, 1.82) is 0 Å². The van der Waals surface area contributed by atoms with Crippen LogP contribution in [0.15, 0.2) is 255 Å². The number of aliphatic hydroxyl groups is 1. The summed E-state index contributed by atoms with van der Waals surface area (Å²) in [5.74, 6) is 2.49. The van der Waals surface area contributed by atoms with Crippen molar-refractivity contribution in [2.75, 3.05) is 49.8 Å². The Morgan fingerprint density at radius 3 is 1.11 bits per heavy atom. The van der Waals surface area contributed by atoms with E-state index in [1.54, 1.807) is 98.3 Å². The first-order chi connectivity index (χ1) is 60.8. The number of carbonyl (C=O) groups is 4. The van der Waals surface area contributed by atoms with Gasteiger partial charge in [-0.15, -0.1) is 0 Å². The van der Waals surface area contributed by atoms with Gasteiger partial charge in [-0.3, -0.25) is 0 Å². The summed E-state index contributed by atoms with van der Waals surface area (Å²) in [6, 6.07) is 79.1. The zero-order valence-electron chi connectivity index (χ0n) is 72.1. The molecule has 16 rings (SSSR count). The van der Waals surface area contributed by atoms with Gasteiger partial charge in [0.15, 0.2) is 0 Å². The summed E-state index contributed by atoms with van der Waals surface area (Å²) in [6.07, 6.45) is 24.0. The number of allylic oxidation sites excluding steroid dienone is 5. The van der Waals surface area contributed by atoms with Crippen LogP contribution in [0.25, 0.3) is 22.8 Å². The van der Waals surface area contributed by atoms with Crippen LogP contribution in [0.3, 0.4) is 0 Å². The zero-order valence-corrected chi connectivity index (χ0v) is 72.1. The van der Waals surface area contributed by atoms with Gasteiger partial charge in [-0.1, -0.05) is 146 Å². The predicted octanol–water partition coefficient (Wildman–Crippen LogP) is 21.7. The molecule has 1 atom stereocenters. The van der Waals surface area contributed by atoms with Crippen LogP contribution in [-0.2, 0) is 103 Å². The smallest absolute Gasteiger partial charge is 0.335 e. The second kappa shape index (κ2) is 42.9. The highest BCUT2D eigenvalue weighted by atomic mass is 16.5. The molecule has 16 nitrogen and oxygen atoms in total. The van der Waals surface area contributed by atoms with Crippen molar-refractivity contribution in [2.24, 2.45) is 0 Å². The molecule has 0 aromatic heterocycles. The highest BCUT2D eigenvalue weighted by Gasteiger charge is 2.28. The van der Waals surface area contributed by atoms with E-state index in [0.717, 1.165) is 200 Å². The Labute approximate surface area is 732 Å². The molecule has 640 valence electrons. The summed E-state index contributed by atoms with van der Waals surface area (Å²) in [7, 11) is 11.7. The molecule has 0 saturated carbocycles. The molecular formula is C109H108O16. The van der Waals surface area contributed by atoms with Crippen LogP contribution in [-0.4, -0.2) is 99.2 Å². The van der Waals surface area contributed by atoms with E-state index in [1.807, 2.05) is 97.1 Å². The van der Waals surface area contributed by atoms with E-state index in [4.69, 9.17) is 53.6 Å². The van der Waals surface area contributed by atoms with Gasteiger partial charge in [0.1, 0.15) is 40.2 Å². The average molecular weight is 1670 g/mol. The maximum atomic E-state index is 11.1. The molecule has 0 aliphatic heterocycles. The molecule has 12 aromatic rings. The van der Waals surface area contributed by atoms with Crippen molar-refractivity contribution >= 4 is 46.7 Å². The second-order valence-corrected chi connectivity index (χ2v) is 32.0. The summed E-state index contributed by atoms with van der Waals surface area (Å²) >= 11 is 0. The lowest BCUT2D eigenvalue weighted by Crippen LogP contribution is -2.07. The van der Waals surface area contributed by atoms with E-state index in [9.17, 15) is 24.3 Å². The number of ether oxygens (including phenoxy) is 7. The summed E-state index contributed by atoms with van der Waals surface area (Å²) in [5, 5.41) is 46.0. The number of hydrogen-bond acceptors (Lipinski definition) is 12. The number of aryl methyl sites for hydroxylation is 11. The van der Waals surface area contributed by atoms with Crippen molar-refractivity contribution in [3.8, 4) is 40.2 Å². The van der Waals surface area contributed by atoms with Gasteiger partial charge in [0.2, 0.25) is 0 Å². The fraction of sp³-hybridized carbons (Fsp3) is 0.248. The molecular weight excluding hydrogens is 1570 g/mol. The van der Waals surface area contributed by atoms with Gasteiger partial charge in [-0.05, 0) is 352 Å². The van der Waals surface area contributed by atoms with Gasteiger partial charge in [0.25, 0.3) is 0 Å². The monoisotopic (exact) mass is 1670 g/mol. The maximum absolute atomic E-state index is 11.1. The van der Waals surface area contributed by atoms with Crippen LogP contribution in [0.5, 0.6) is 40.2 Å². The first kappa shape index (κ1) is 89.1. The molecule has 4 aliphatic rings. The number of fused-ring (bicyclic) bond motifs is 4. The van der Waals surface area contributed by atoms with Crippen molar-refractivity contribution in [3.05, 3.63) is 394 Å². The van der Waals surface area contributed by atoms with Crippen LogP contribution in [0, 0.1) is 0 Å². The Balaban J connectivity index is 0.000000143. The summed E-state index contributed by atoms with van der Waals surface area (Å²) in [6.45, 7) is -0.00818. The lowest BCUT2D eigenvalue weighted by Gasteiger charge is -2.22. The third-order valence-corrected chi connectivity index (χ3v) is 24.0. The summed E-state index contributed by atoms with van der Waals surface area (Å²) in [4.78, 5) is 44.3. The SMILES string of the molecule is COc1cc(/C=C2\CCc3cccc(CCc4ccc(C(=O)O)cc4)c32)cc(OC)c1.COc1cc(CC2=CCc3cccc(CCc4ccc(C(=O)O)cc4)c32)cc(OC)c1.COc1cc(CC2CCc3cccc(CCc4ccc(C(=O)O)cc4)c32)cc(OC)c1.COc1cc(CO)cc(CC2=CCCc3cccc(CCc4ccc(C(=O)O)cc4)c32)c1. The first-order valence-corrected chi connectivity index (χ1v) is 42.5. The van der Waals surface area contributed by atoms with Gasteiger partial charge < -0.3 is 58.7 Å². The molecule has 0 bridgehead atoms. The van der Waals surface area contributed by atoms with Crippen LogP contribution < -0.4 is 33.2 Å². The molecule has 0 amide bonds. The topological polar surface area (TPSA) is 234 Å². The number of carboxylic acids is 4. The average Bonchev–Trinajstić information content (AvgIpc) is 1.63. The van der Waals surface area contributed by atoms with E-state index in [-0.39, 0.29) is 6.61 Å². The number of carboxylic acid groups (broad SMARTS) is 4. The summed E-state index contributed by atoms with van der Waals surface area (Å²) < 4.78 is 38.0. The Hall–Kier alpha value is -13.7.